The highest BCUT2D eigenvalue weighted by atomic mass is 32.2. The van der Waals surface area contributed by atoms with Crippen molar-refractivity contribution in [3.05, 3.63) is 0 Å². The van der Waals surface area contributed by atoms with Crippen molar-refractivity contribution >= 4 is 10.0 Å². The molecule has 0 N–H and O–H groups in total. The molecule has 0 aromatic carbocycles. The van der Waals surface area contributed by atoms with E-state index in [-0.39, 0.29) is 17.0 Å². The van der Waals surface area contributed by atoms with Crippen LogP contribution in [0.4, 0.5) is 0 Å². The molecule has 1 aliphatic carbocycles. The lowest BCUT2D eigenvalue weighted by molar-refractivity contribution is -0.0358. The summed E-state index contributed by atoms with van der Waals surface area (Å²) in [5, 5.41) is -0.124. The first-order chi connectivity index (χ1) is 11.6. The highest BCUT2D eigenvalue weighted by Gasteiger charge is 2.49. The summed E-state index contributed by atoms with van der Waals surface area (Å²) in [5.41, 5.74) is -0.307. The van der Waals surface area contributed by atoms with Gasteiger partial charge < -0.3 is 14.4 Å². The summed E-state index contributed by atoms with van der Waals surface area (Å²) in [6.07, 6.45) is 7.08. The molecule has 24 heavy (non-hydrogen) atoms. The molecule has 4 rings (SSSR count). The molecule has 0 unspecified atom stereocenters. The van der Waals surface area contributed by atoms with Gasteiger partial charge in [0, 0.05) is 26.1 Å². The molecule has 0 amide bonds. The van der Waals surface area contributed by atoms with E-state index in [2.05, 4.69) is 4.90 Å². The Balaban J connectivity index is 1.28. The summed E-state index contributed by atoms with van der Waals surface area (Å²) < 4.78 is 38.9. The van der Waals surface area contributed by atoms with Crippen LogP contribution in [0.15, 0.2) is 0 Å². The highest BCUT2D eigenvalue weighted by Crippen LogP contribution is 2.39. The Morgan fingerprint density at radius 2 is 1.92 bits per heavy atom. The van der Waals surface area contributed by atoms with E-state index >= 15 is 0 Å². The van der Waals surface area contributed by atoms with E-state index in [1.54, 1.807) is 4.31 Å². The summed E-state index contributed by atoms with van der Waals surface area (Å²) in [6.45, 7) is 5.95. The zero-order valence-electron chi connectivity index (χ0n) is 14.5. The van der Waals surface area contributed by atoms with Gasteiger partial charge in [-0.3, -0.25) is 0 Å². The fraction of sp³-hybridized carbons (Fsp3) is 1.00. The molecule has 3 aliphatic heterocycles. The van der Waals surface area contributed by atoms with Gasteiger partial charge in [0.05, 0.1) is 30.2 Å². The summed E-state index contributed by atoms with van der Waals surface area (Å²) >= 11 is 0. The number of likely N-dealkylation sites (tertiary alicyclic amines) is 1. The van der Waals surface area contributed by atoms with Crippen LogP contribution in [-0.4, -0.2) is 80.5 Å². The highest BCUT2D eigenvalue weighted by molar-refractivity contribution is 7.90. The maximum absolute atomic E-state index is 12.5. The van der Waals surface area contributed by atoms with Gasteiger partial charge in [-0.2, -0.15) is 4.31 Å². The summed E-state index contributed by atoms with van der Waals surface area (Å²) in [6, 6.07) is 0. The molecule has 0 aromatic rings. The molecule has 2 atom stereocenters. The average molecular weight is 359 g/mol. The minimum Gasteiger partial charge on any atom is -0.374 e. The zero-order chi connectivity index (χ0) is 16.6. The Bertz CT molecular complexity index is 545. The van der Waals surface area contributed by atoms with Crippen LogP contribution in [-0.2, 0) is 19.5 Å². The molecule has 6 nitrogen and oxygen atoms in total. The molecule has 4 fully saturated rings. The van der Waals surface area contributed by atoms with Crippen LogP contribution < -0.4 is 0 Å². The molecule has 1 saturated carbocycles. The molecule has 4 aliphatic rings. The third kappa shape index (κ3) is 3.65. The van der Waals surface area contributed by atoms with Crippen LogP contribution in [0.5, 0.6) is 0 Å². The standard InChI is InChI=1S/C17H30N2O4S/c20-24(21,16-4-5-16)19-9-3-6-17(14-19)12-15(13-23-17)22-11-10-18-7-1-2-8-18/h15-16H,1-14H2/t15-,17+/m1/s1. The lowest BCUT2D eigenvalue weighted by Crippen LogP contribution is -2.51. The van der Waals surface area contributed by atoms with Crippen molar-refractivity contribution in [2.45, 2.75) is 61.9 Å². The van der Waals surface area contributed by atoms with Gasteiger partial charge in [0.15, 0.2) is 0 Å². The molecule has 3 saturated heterocycles. The quantitative estimate of drug-likeness (QED) is 0.714. The number of hydrogen-bond acceptors (Lipinski definition) is 5. The Hall–Kier alpha value is -0.210. The van der Waals surface area contributed by atoms with E-state index in [4.69, 9.17) is 9.47 Å². The van der Waals surface area contributed by atoms with E-state index in [1.807, 2.05) is 0 Å². The van der Waals surface area contributed by atoms with E-state index < -0.39 is 10.0 Å². The number of hydrogen-bond donors (Lipinski definition) is 0. The second-order valence-corrected chi connectivity index (χ2v) is 10.1. The molecule has 1 spiro atoms. The third-order valence-corrected chi connectivity index (χ3v) is 8.29. The second kappa shape index (κ2) is 6.83. The number of sulfonamides is 1. The second-order valence-electron chi connectivity index (χ2n) is 7.92. The molecule has 0 radical (unpaired) electrons. The summed E-state index contributed by atoms with van der Waals surface area (Å²) in [4.78, 5) is 2.45. The van der Waals surface area contributed by atoms with Gasteiger partial charge in [0.1, 0.15) is 0 Å². The third-order valence-electron chi connectivity index (χ3n) is 5.94. The van der Waals surface area contributed by atoms with Gasteiger partial charge in [0.2, 0.25) is 10.0 Å². The predicted molar refractivity (Wildman–Crippen MR) is 91.5 cm³/mol. The van der Waals surface area contributed by atoms with Gasteiger partial charge in [-0.05, 0) is 51.6 Å². The van der Waals surface area contributed by atoms with Crippen molar-refractivity contribution in [3.63, 3.8) is 0 Å². The minimum atomic E-state index is -3.09. The molecular formula is C17H30N2O4S. The summed E-state index contributed by atoms with van der Waals surface area (Å²) in [5.74, 6) is 0. The van der Waals surface area contributed by atoms with Crippen LogP contribution >= 0.6 is 0 Å². The maximum atomic E-state index is 12.5. The molecule has 0 bridgehead atoms. The van der Waals surface area contributed by atoms with Gasteiger partial charge in [-0.15, -0.1) is 0 Å². The van der Waals surface area contributed by atoms with Crippen molar-refractivity contribution in [2.75, 3.05) is 45.9 Å². The van der Waals surface area contributed by atoms with Crippen molar-refractivity contribution < 1.29 is 17.9 Å². The van der Waals surface area contributed by atoms with Crippen molar-refractivity contribution in [2.24, 2.45) is 0 Å². The van der Waals surface area contributed by atoms with E-state index in [1.165, 1.54) is 25.9 Å². The van der Waals surface area contributed by atoms with Crippen LogP contribution in [0.25, 0.3) is 0 Å². The zero-order valence-corrected chi connectivity index (χ0v) is 15.3. The SMILES string of the molecule is O=S(=O)(C1CC1)N1CCC[C@]2(C[C@@H](OCCN3CCCC3)CO2)C1. The van der Waals surface area contributed by atoms with E-state index in [9.17, 15) is 8.42 Å². The van der Waals surface area contributed by atoms with Gasteiger partial charge in [-0.1, -0.05) is 0 Å². The van der Waals surface area contributed by atoms with Crippen molar-refractivity contribution in [3.8, 4) is 0 Å². The normalized spacial score (nSPS) is 35.9. The number of ether oxygens (including phenoxy) is 2. The molecular weight excluding hydrogens is 328 g/mol. The first-order valence-electron chi connectivity index (χ1n) is 9.54. The smallest absolute Gasteiger partial charge is 0.217 e. The van der Waals surface area contributed by atoms with Crippen LogP contribution in [0.2, 0.25) is 0 Å². The fourth-order valence-electron chi connectivity index (χ4n) is 4.40. The Morgan fingerprint density at radius 1 is 1.12 bits per heavy atom. The predicted octanol–water partition coefficient (Wildman–Crippen LogP) is 1.21. The Labute approximate surface area is 145 Å². The van der Waals surface area contributed by atoms with Crippen LogP contribution in [0, 0.1) is 0 Å². The van der Waals surface area contributed by atoms with Gasteiger partial charge in [-0.25, -0.2) is 8.42 Å². The number of nitrogens with zero attached hydrogens (tertiary/aromatic N) is 2. The van der Waals surface area contributed by atoms with Crippen molar-refractivity contribution in [1.29, 1.82) is 0 Å². The van der Waals surface area contributed by atoms with Gasteiger partial charge in [0.25, 0.3) is 0 Å². The topological polar surface area (TPSA) is 59.1 Å². The minimum absolute atomic E-state index is 0.121. The van der Waals surface area contributed by atoms with E-state index in [0.29, 0.717) is 19.7 Å². The van der Waals surface area contributed by atoms with Crippen molar-refractivity contribution in [1.82, 2.24) is 9.21 Å². The Kier molecular flexibility index (Phi) is 4.90. The number of rotatable bonds is 6. The average Bonchev–Trinajstić information content (AvgIpc) is 3.20. The Morgan fingerprint density at radius 3 is 2.67 bits per heavy atom. The van der Waals surface area contributed by atoms with Gasteiger partial charge >= 0.3 is 0 Å². The maximum Gasteiger partial charge on any atom is 0.217 e. The lowest BCUT2D eigenvalue weighted by Gasteiger charge is -2.39. The molecule has 3 heterocycles. The largest absolute Gasteiger partial charge is 0.374 e. The molecule has 138 valence electrons. The van der Waals surface area contributed by atoms with E-state index in [0.717, 1.165) is 45.3 Å². The first kappa shape index (κ1) is 17.2. The lowest BCUT2D eigenvalue weighted by atomic mass is 9.90. The fourth-order valence-corrected chi connectivity index (χ4v) is 6.35. The first-order valence-corrected chi connectivity index (χ1v) is 11.0. The van der Waals surface area contributed by atoms with Crippen LogP contribution in [0.3, 0.4) is 0 Å². The monoisotopic (exact) mass is 358 g/mol. The molecule has 7 heteroatoms. The van der Waals surface area contributed by atoms with Crippen LogP contribution in [0.1, 0.15) is 44.9 Å². The number of piperidine rings is 1. The molecule has 0 aromatic heterocycles. The summed E-state index contributed by atoms with van der Waals surface area (Å²) in [7, 11) is -3.09.